The van der Waals surface area contributed by atoms with Crippen molar-refractivity contribution < 1.29 is 18.7 Å². The minimum absolute atomic E-state index is 0.0958. The average molecular weight is 209 g/mol. The van der Waals surface area contributed by atoms with Crippen molar-refractivity contribution in [3.63, 3.8) is 0 Å². The number of nitrogens with one attached hydrogen (secondary N) is 1. The van der Waals surface area contributed by atoms with Crippen molar-refractivity contribution in [1.82, 2.24) is 5.32 Å². The summed E-state index contributed by atoms with van der Waals surface area (Å²) >= 11 is 0. The number of Topliss-reactive ketones (excluding diaryl/α,β-unsaturated/α-hetero) is 1. The SMILES string of the molecule is O=C(CC[C@@H]1NCOC1=O)c1ccco1. The molecule has 0 aromatic carbocycles. The van der Waals surface area contributed by atoms with E-state index in [0.29, 0.717) is 12.2 Å². The van der Waals surface area contributed by atoms with Crippen molar-refractivity contribution in [2.24, 2.45) is 0 Å². The minimum atomic E-state index is -0.357. The maximum Gasteiger partial charge on any atom is 0.324 e. The molecule has 0 amide bonds. The Hall–Kier alpha value is -1.62. The summed E-state index contributed by atoms with van der Waals surface area (Å²) in [5.41, 5.74) is 0. The molecule has 1 aromatic rings. The van der Waals surface area contributed by atoms with Gasteiger partial charge in [-0.2, -0.15) is 0 Å². The highest BCUT2D eigenvalue weighted by molar-refractivity contribution is 5.93. The first-order valence-electron chi connectivity index (χ1n) is 4.74. The lowest BCUT2D eigenvalue weighted by Crippen LogP contribution is -2.27. The number of cyclic esters (lactones) is 1. The van der Waals surface area contributed by atoms with Crippen LogP contribution in [0.2, 0.25) is 0 Å². The van der Waals surface area contributed by atoms with Gasteiger partial charge in [-0.05, 0) is 18.6 Å². The average Bonchev–Trinajstić information content (AvgIpc) is 2.85. The van der Waals surface area contributed by atoms with E-state index < -0.39 is 0 Å². The summed E-state index contributed by atoms with van der Waals surface area (Å²) in [4.78, 5) is 22.5. The maximum atomic E-state index is 11.5. The van der Waals surface area contributed by atoms with Gasteiger partial charge in [-0.25, -0.2) is 0 Å². The number of furan rings is 1. The van der Waals surface area contributed by atoms with Crippen molar-refractivity contribution in [3.05, 3.63) is 24.2 Å². The first-order chi connectivity index (χ1) is 7.27. The summed E-state index contributed by atoms with van der Waals surface area (Å²) in [6.45, 7) is 0.235. The number of ether oxygens (including phenoxy) is 1. The van der Waals surface area contributed by atoms with E-state index in [2.05, 4.69) is 5.32 Å². The molecule has 15 heavy (non-hydrogen) atoms. The van der Waals surface area contributed by atoms with Crippen LogP contribution in [0.15, 0.2) is 22.8 Å². The fourth-order valence-corrected chi connectivity index (χ4v) is 1.45. The van der Waals surface area contributed by atoms with Crippen LogP contribution < -0.4 is 5.32 Å². The number of hydrogen-bond donors (Lipinski definition) is 1. The molecule has 1 aromatic heterocycles. The third-order valence-electron chi connectivity index (χ3n) is 2.28. The number of carbonyl (C=O) groups is 2. The minimum Gasteiger partial charge on any atom is -0.461 e. The standard InChI is InChI=1S/C10H11NO4/c12-8(9-2-1-5-14-9)4-3-7-10(13)15-6-11-7/h1-2,5,7,11H,3-4,6H2/t7-/m0/s1. The van der Waals surface area contributed by atoms with Gasteiger partial charge in [-0.15, -0.1) is 0 Å². The monoisotopic (exact) mass is 209 g/mol. The van der Waals surface area contributed by atoms with Crippen molar-refractivity contribution >= 4 is 11.8 Å². The lowest BCUT2D eigenvalue weighted by molar-refractivity contribution is -0.139. The molecule has 1 saturated heterocycles. The molecule has 0 spiro atoms. The molecule has 5 heteroatoms. The van der Waals surface area contributed by atoms with Gasteiger partial charge in [0.05, 0.1) is 6.26 Å². The Kier molecular flexibility index (Phi) is 2.82. The molecule has 1 fully saturated rings. The Bertz CT molecular complexity index is 358. The molecule has 5 nitrogen and oxygen atoms in total. The fraction of sp³-hybridized carbons (Fsp3) is 0.400. The van der Waals surface area contributed by atoms with Crippen molar-refractivity contribution in [2.45, 2.75) is 18.9 Å². The van der Waals surface area contributed by atoms with Gasteiger partial charge < -0.3 is 9.15 Å². The van der Waals surface area contributed by atoms with Crippen LogP contribution in [-0.2, 0) is 9.53 Å². The zero-order valence-corrected chi connectivity index (χ0v) is 8.06. The Morgan fingerprint density at radius 2 is 2.47 bits per heavy atom. The van der Waals surface area contributed by atoms with Gasteiger partial charge >= 0.3 is 5.97 Å². The Balaban J connectivity index is 1.83. The van der Waals surface area contributed by atoms with Crippen molar-refractivity contribution in [2.75, 3.05) is 6.73 Å². The molecule has 1 aliphatic rings. The van der Waals surface area contributed by atoms with Crippen LogP contribution in [0.1, 0.15) is 23.4 Å². The predicted octanol–water partition coefficient (Wildman–Crippen LogP) is 0.715. The lowest BCUT2D eigenvalue weighted by Gasteiger charge is -2.03. The van der Waals surface area contributed by atoms with Gasteiger partial charge in [0.15, 0.2) is 11.5 Å². The number of rotatable bonds is 4. The van der Waals surface area contributed by atoms with Crippen LogP contribution in [0.3, 0.4) is 0 Å². The van der Waals surface area contributed by atoms with Gasteiger partial charge in [-0.3, -0.25) is 14.9 Å². The van der Waals surface area contributed by atoms with Crippen LogP contribution in [0.4, 0.5) is 0 Å². The fourth-order valence-electron chi connectivity index (χ4n) is 1.45. The van der Waals surface area contributed by atoms with E-state index in [1.165, 1.54) is 6.26 Å². The van der Waals surface area contributed by atoms with Gasteiger partial charge in [-0.1, -0.05) is 0 Å². The van der Waals surface area contributed by atoms with Gasteiger partial charge in [0.1, 0.15) is 12.8 Å². The van der Waals surface area contributed by atoms with E-state index in [4.69, 9.17) is 9.15 Å². The summed E-state index contributed by atoms with van der Waals surface area (Å²) in [6.07, 6.45) is 2.17. The van der Waals surface area contributed by atoms with Crippen molar-refractivity contribution in [1.29, 1.82) is 0 Å². The van der Waals surface area contributed by atoms with Gasteiger partial charge in [0.25, 0.3) is 0 Å². The van der Waals surface area contributed by atoms with Crippen LogP contribution in [0.25, 0.3) is 0 Å². The highest BCUT2D eigenvalue weighted by Crippen LogP contribution is 2.10. The third kappa shape index (κ3) is 2.24. The second-order valence-corrected chi connectivity index (χ2v) is 3.30. The van der Waals surface area contributed by atoms with E-state index in [-0.39, 0.29) is 30.9 Å². The highest BCUT2D eigenvalue weighted by Gasteiger charge is 2.26. The highest BCUT2D eigenvalue weighted by atomic mass is 16.6. The van der Waals surface area contributed by atoms with E-state index >= 15 is 0 Å². The smallest absolute Gasteiger partial charge is 0.324 e. The van der Waals surface area contributed by atoms with Crippen LogP contribution in [0, 0.1) is 0 Å². The van der Waals surface area contributed by atoms with Crippen LogP contribution in [0.5, 0.6) is 0 Å². The predicted molar refractivity (Wildman–Crippen MR) is 50.2 cm³/mol. The third-order valence-corrected chi connectivity index (χ3v) is 2.28. The Labute approximate surface area is 86.4 Å². The van der Waals surface area contributed by atoms with Gasteiger partial charge in [0, 0.05) is 6.42 Å². The molecule has 2 rings (SSSR count). The topological polar surface area (TPSA) is 68.5 Å². The lowest BCUT2D eigenvalue weighted by atomic mass is 10.1. The van der Waals surface area contributed by atoms with E-state index in [1.54, 1.807) is 12.1 Å². The number of carbonyl (C=O) groups excluding carboxylic acids is 2. The Morgan fingerprint density at radius 3 is 3.07 bits per heavy atom. The Morgan fingerprint density at radius 1 is 1.60 bits per heavy atom. The molecule has 0 radical (unpaired) electrons. The maximum absolute atomic E-state index is 11.5. The van der Waals surface area contributed by atoms with Crippen LogP contribution in [-0.4, -0.2) is 24.5 Å². The van der Waals surface area contributed by atoms with E-state index in [9.17, 15) is 9.59 Å². The summed E-state index contributed by atoms with van der Waals surface area (Å²) < 4.78 is 9.65. The number of hydrogen-bond acceptors (Lipinski definition) is 5. The number of esters is 1. The normalized spacial score (nSPS) is 20.3. The molecule has 1 N–H and O–H groups in total. The zero-order chi connectivity index (χ0) is 10.7. The first kappa shape index (κ1) is 9.92. The molecule has 0 bridgehead atoms. The summed E-state index contributed by atoms with van der Waals surface area (Å²) in [5, 5.41) is 2.85. The molecule has 1 atom stereocenters. The molecular formula is C10H11NO4. The summed E-state index contributed by atoms with van der Waals surface area (Å²) in [6, 6.07) is 2.92. The summed E-state index contributed by atoms with van der Waals surface area (Å²) in [7, 11) is 0. The summed E-state index contributed by atoms with van der Waals surface area (Å²) in [5.74, 6) is -0.0508. The largest absolute Gasteiger partial charge is 0.461 e. The number of ketones is 1. The van der Waals surface area contributed by atoms with E-state index in [0.717, 1.165) is 0 Å². The molecule has 1 aliphatic heterocycles. The molecule has 0 saturated carbocycles. The molecule has 80 valence electrons. The quantitative estimate of drug-likeness (QED) is 0.584. The zero-order valence-electron chi connectivity index (χ0n) is 8.06. The van der Waals surface area contributed by atoms with Crippen LogP contribution >= 0.6 is 0 Å². The van der Waals surface area contributed by atoms with E-state index in [1.807, 2.05) is 0 Å². The second kappa shape index (κ2) is 4.27. The van der Waals surface area contributed by atoms with Crippen molar-refractivity contribution in [3.8, 4) is 0 Å². The molecule has 2 heterocycles. The van der Waals surface area contributed by atoms with Gasteiger partial charge in [0.2, 0.25) is 0 Å². The first-order valence-corrected chi connectivity index (χ1v) is 4.74. The second-order valence-electron chi connectivity index (χ2n) is 3.30. The molecule has 0 unspecified atom stereocenters. The molecular weight excluding hydrogens is 198 g/mol. The molecule has 0 aliphatic carbocycles.